The van der Waals surface area contributed by atoms with E-state index >= 15 is 0 Å². The summed E-state index contributed by atoms with van der Waals surface area (Å²) in [6.07, 6.45) is 1.15. The van der Waals surface area contributed by atoms with Gasteiger partial charge in [-0.2, -0.15) is 4.98 Å². The Balaban J connectivity index is 1.84. The summed E-state index contributed by atoms with van der Waals surface area (Å²) < 4.78 is 5.38. The lowest BCUT2D eigenvalue weighted by Crippen LogP contribution is -2.31. The van der Waals surface area contributed by atoms with Gasteiger partial charge in [0.2, 0.25) is 0 Å². The van der Waals surface area contributed by atoms with Gasteiger partial charge in [0.15, 0.2) is 5.82 Å². The smallest absolute Gasteiger partial charge is 0.257 e. The highest BCUT2D eigenvalue weighted by molar-refractivity contribution is 5.54. The van der Waals surface area contributed by atoms with Gasteiger partial charge in [-0.05, 0) is 57.9 Å². The first-order valence-corrected chi connectivity index (χ1v) is 7.15. The van der Waals surface area contributed by atoms with Crippen LogP contribution in [-0.2, 0) is 0 Å². The molecule has 1 unspecified atom stereocenters. The molecule has 0 spiro atoms. The van der Waals surface area contributed by atoms with E-state index in [9.17, 15) is 5.11 Å². The van der Waals surface area contributed by atoms with Crippen molar-refractivity contribution < 1.29 is 9.63 Å². The zero-order chi connectivity index (χ0) is 14.8. The quantitative estimate of drug-likeness (QED) is 0.908. The second kappa shape index (κ2) is 5.83. The summed E-state index contributed by atoms with van der Waals surface area (Å²) in [6.45, 7) is 3.01. The van der Waals surface area contributed by atoms with Crippen LogP contribution in [-0.4, -0.2) is 58.8 Å². The third kappa shape index (κ3) is 3.06. The fourth-order valence-corrected chi connectivity index (χ4v) is 2.64. The highest BCUT2D eigenvalue weighted by Crippen LogP contribution is 2.25. The molecular formula is C15H20N4O2. The molecular weight excluding hydrogens is 268 g/mol. The molecule has 1 saturated heterocycles. The van der Waals surface area contributed by atoms with Gasteiger partial charge in [0, 0.05) is 12.1 Å². The standard InChI is InChI=1S/C15H20N4O2/c1-18-8-3-9-19(2)13(10-18)14-16-15(21-17-14)11-4-6-12(20)7-5-11/h4-7,13,20H,3,8-10H2,1-2H3. The van der Waals surface area contributed by atoms with E-state index in [1.54, 1.807) is 24.3 Å². The van der Waals surface area contributed by atoms with Crippen LogP contribution in [0.5, 0.6) is 5.75 Å². The molecule has 1 fully saturated rings. The molecule has 0 amide bonds. The second-order valence-corrected chi connectivity index (χ2v) is 5.62. The van der Waals surface area contributed by atoms with Gasteiger partial charge < -0.3 is 14.5 Å². The van der Waals surface area contributed by atoms with Crippen LogP contribution in [0.3, 0.4) is 0 Å². The predicted molar refractivity (Wildman–Crippen MR) is 78.9 cm³/mol. The number of nitrogens with zero attached hydrogens (tertiary/aromatic N) is 4. The maximum absolute atomic E-state index is 9.33. The van der Waals surface area contributed by atoms with E-state index in [4.69, 9.17) is 4.52 Å². The van der Waals surface area contributed by atoms with Crippen molar-refractivity contribution >= 4 is 0 Å². The van der Waals surface area contributed by atoms with Gasteiger partial charge in [0.25, 0.3) is 5.89 Å². The van der Waals surface area contributed by atoms with Crippen LogP contribution in [0.1, 0.15) is 18.3 Å². The number of phenolic OH excluding ortho intramolecular Hbond substituents is 1. The fourth-order valence-electron chi connectivity index (χ4n) is 2.64. The zero-order valence-electron chi connectivity index (χ0n) is 12.4. The molecule has 21 heavy (non-hydrogen) atoms. The van der Waals surface area contributed by atoms with Gasteiger partial charge >= 0.3 is 0 Å². The Morgan fingerprint density at radius 2 is 1.95 bits per heavy atom. The summed E-state index contributed by atoms with van der Waals surface area (Å²) in [5.74, 6) is 1.43. The first-order valence-electron chi connectivity index (χ1n) is 7.15. The normalized spacial score (nSPS) is 21.3. The average molecular weight is 288 g/mol. The maximum Gasteiger partial charge on any atom is 0.257 e. The van der Waals surface area contributed by atoms with Crippen LogP contribution >= 0.6 is 0 Å². The molecule has 0 bridgehead atoms. The van der Waals surface area contributed by atoms with Crippen molar-refractivity contribution in [2.75, 3.05) is 33.7 Å². The summed E-state index contributed by atoms with van der Waals surface area (Å²) in [5.41, 5.74) is 0.816. The lowest BCUT2D eigenvalue weighted by atomic mass is 10.2. The highest BCUT2D eigenvalue weighted by Gasteiger charge is 2.26. The number of hydrogen-bond donors (Lipinski definition) is 1. The van der Waals surface area contributed by atoms with Crippen molar-refractivity contribution in [3.8, 4) is 17.2 Å². The Morgan fingerprint density at radius 3 is 2.71 bits per heavy atom. The Kier molecular flexibility index (Phi) is 3.90. The minimum absolute atomic E-state index is 0.145. The first kappa shape index (κ1) is 14.0. The van der Waals surface area contributed by atoms with E-state index in [0.717, 1.165) is 31.6 Å². The monoisotopic (exact) mass is 288 g/mol. The van der Waals surface area contributed by atoms with Crippen molar-refractivity contribution in [2.45, 2.75) is 12.5 Å². The molecule has 0 saturated carbocycles. The van der Waals surface area contributed by atoms with Crippen LogP contribution in [0.15, 0.2) is 28.8 Å². The van der Waals surface area contributed by atoms with Crippen molar-refractivity contribution in [3.05, 3.63) is 30.1 Å². The van der Waals surface area contributed by atoms with Crippen LogP contribution < -0.4 is 0 Å². The van der Waals surface area contributed by atoms with Crippen molar-refractivity contribution in [1.82, 2.24) is 19.9 Å². The topological polar surface area (TPSA) is 65.6 Å². The number of aromatic nitrogens is 2. The SMILES string of the molecule is CN1CCCN(C)C(c2noc(-c3ccc(O)cc3)n2)C1. The third-order valence-electron chi connectivity index (χ3n) is 3.92. The first-order chi connectivity index (χ1) is 10.1. The average Bonchev–Trinajstić information content (AvgIpc) is 2.88. The summed E-state index contributed by atoms with van der Waals surface area (Å²) in [5, 5.41) is 13.5. The molecule has 3 rings (SSSR count). The van der Waals surface area contributed by atoms with Crippen LogP contribution in [0.25, 0.3) is 11.5 Å². The highest BCUT2D eigenvalue weighted by atomic mass is 16.5. The molecule has 6 nitrogen and oxygen atoms in total. The van der Waals surface area contributed by atoms with Crippen molar-refractivity contribution in [2.24, 2.45) is 0 Å². The minimum Gasteiger partial charge on any atom is -0.508 e. The molecule has 1 N–H and O–H groups in total. The summed E-state index contributed by atoms with van der Waals surface area (Å²) >= 11 is 0. The molecule has 6 heteroatoms. The molecule has 1 aromatic carbocycles. The van der Waals surface area contributed by atoms with Gasteiger partial charge in [-0.1, -0.05) is 5.16 Å². The molecule has 2 aromatic rings. The minimum atomic E-state index is 0.145. The second-order valence-electron chi connectivity index (χ2n) is 5.62. The van der Waals surface area contributed by atoms with E-state index in [0.29, 0.717) is 11.7 Å². The van der Waals surface area contributed by atoms with E-state index in [2.05, 4.69) is 34.0 Å². The van der Waals surface area contributed by atoms with Gasteiger partial charge in [0.05, 0.1) is 6.04 Å². The third-order valence-corrected chi connectivity index (χ3v) is 3.92. The van der Waals surface area contributed by atoms with Gasteiger partial charge in [-0.15, -0.1) is 0 Å². The predicted octanol–water partition coefficient (Wildman–Crippen LogP) is 1.75. The van der Waals surface area contributed by atoms with E-state index < -0.39 is 0 Å². The molecule has 112 valence electrons. The zero-order valence-corrected chi connectivity index (χ0v) is 12.4. The summed E-state index contributed by atoms with van der Waals surface area (Å²) in [6, 6.07) is 6.92. The number of hydrogen-bond acceptors (Lipinski definition) is 6. The van der Waals surface area contributed by atoms with Gasteiger partial charge in [-0.25, -0.2) is 0 Å². The number of aromatic hydroxyl groups is 1. The van der Waals surface area contributed by atoms with Gasteiger partial charge in [-0.3, -0.25) is 4.90 Å². The molecule has 1 aromatic heterocycles. The molecule has 0 aliphatic carbocycles. The van der Waals surface area contributed by atoms with Crippen LogP contribution in [0, 0.1) is 0 Å². The Bertz CT molecular complexity index is 596. The van der Waals surface area contributed by atoms with Gasteiger partial charge in [0.1, 0.15) is 5.75 Å². The Morgan fingerprint density at radius 1 is 1.19 bits per heavy atom. The largest absolute Gasteiger partial charge is 0.508 e. The molecule has 1 aliphatic heterocycles. The molecule has 0 radical (unpaired) electrons. The Hall–Kier alpha value is -1.92. The van der Waals surface area contributed by atoms with E-state index in [1.807, 2.05) is 0 Å². The molecule has 1 atom stereocenters. The lowest BCUT2D eigenvalue weighted by molar-refractivity contribution is 0.215. The van der Waals surface area contributed by atoms with E-state index in [1.165, 1.54) is 0 Å². The number of likely N-dealkylation sites (N-methyl/N-ethyl adjacent to an activating group) is 2. The number of phenols is 1. The molecule has 2 heterocycles. The summed E-state index contributed by atoms with van der Waals surface area (Å²) in [7, 11) is 4.22. The van der Waals surface area contributed by atoms with Crippen LogP contribution in [0.2, 0.25) is 0 Å². The maximum atomic E-state index is 9.33. The van der Waals surface area contributed by atoms with E-state index in [-0.39, 0.29) is 11.8 Å². The fraction of sp³-hybridized carbons (Fsp3) is 0.467. The van der Waals surface area contributed by atoms with Crippen LogP contribution in [0.4, 0.5) is 0 Å². The summed E-state index contributed by atoms with van der Waals surface area (Å²) in [4.78, 5) is 9.10. The Labute approximate surface area is 124 Å². The number of rotatable bonds is 2. The van der Waals surface area contributed by atoms with Crippen molar-refractivity contribution in [3.63, 3.8) is 0 Å². The van der Waals surface area contributed by atoms with Crippen molar-refractivity contribution in [1.29, 1.82) is 0 Å². The number of benzene rings is 1. The molecule has 1 aliphatic rings. The lowest BCUT2D eigenvalue weighted by Gasteiger charge is -2.24.